The minimum absolute atomic E-state index is 0.260. The number of nitrogen functional groups attached to an aromatic ring is 1. The number of imidazole rings is 1. The van der Waals surface area contributed by atoms with E-state index in [0.29, 0.717) is 31.9 Å². The molecule has 0 unspecified atom stereocenters. The van der Waals surface area contributed by atoms with Crippen molar-refractivity contribution in [1.82, 2.24) is 9.55 Å². The van der Waals surface area contributed by atoms with Crippen LogP contribution in [0.1, 0.15) is 28.7 Å². The normalized spacial score (nSPS) is 11.0. The van der Waals surface area contributed by atoms with Crippen LogP contribution in [-0.2, 0) is 24.3 Å². The molecule has 0 saturated carbocycles. The third-order valence-electron chi connectivity index (χ3n) is 5.38. The van der Waals surface area contributed by atoms with Crippen molar-refractivity contribution >= 4 is 29.0 Å². The van der Waals surface area contributed by atoms with E-state index in [4.69, 9.17) is 5.73 Å². The van der Waals surface area contributed by atoms with Crippen LogP contribution in [0.3, 0.4) is 0 Å². The quantitative estimate of drug-likeness (QED) is 0.403. The molecule has 1 aromatic heterocycles. The van der Waals surface area contributed by atoms with E-state index in [-0.39, 0.29) is 5.82 Å². The Kier molecular flexibility index (Phi) is 5.98. The summed E-state index contributed by atoms with van der Waals surface area (Å²) < 4.78 is 15.2. The van der Waals surface area contributed by atoms with Crippen molar-refractivity contribution in [2.75, 3.05) is 11.1 Å². The summed E-state index contributed by atoms with van der Waals surface area (Å²) >= 11 is 0. The molecule has 0 atom stereocenters. The van der Waals surface area contributed by atoms with Crippen LogP contribution >= 0.6 is 0 Å². The van der Waals surface area contributed by atoms with Gasteiger partial charge >= 0.3 is 0 Å². The van der Waals surface area contributed by atoms with E-state index in [9.17, 15) is 9.18 Å². The number of anilines is 2. The Labute approximate surface area is 180 Å². The minimum atomic E-state index is -0.260. The fraction of sp³-hybridized carbons (Fsp3) is 0.200. The van der Waals surface area contributed by atoms with Gasteiger partial charge in [-0.15, -0.1) is 0 Å². The molecule has 1 heterocycles. The zero-order chi connectivity index (χ0) is 21.8. The highest BCUT2D eigenvalue weighted by Crippen LogP contribution is 2.23. The van der Waals surface area contributed by atoms with E-state index in [2.05, 4.69) is 41.5 Å². The molecule has 0 aliphatic rings. The number of halogens is 1. The molecule has 3 aromatic carbocycles. The number of aryl methyl sites for hydroxylation is 2. The number of fused-ring (bicyclic) bond motifs is 1. The molecule has 3 N–H and O–H groups in total. The van der Waals surface area contributed by atoms with E-state index in [1.54, 1.807) is 12.1 Å². The van der Waals surface area contributed by atoms with Crippen LogP contribution in [0.15, 0.2) is 60.7 Å². The Hall–Kier alpha value is -3.67. The van der Waals surface area contributed by atoms with Gasteiger partial charge in [0.25, 0.3) is 0 Å². The zero-order valence-electron chi connectivity index (χ0n) is 17.4. The van der Waals surface area contributed by atoms with E-state index in [1.165, 1.54) is 12.1 Å². The molecule has 0 saturated heterocycles. The molecule has 0 amide bonds. The average molecular weight is 417 g/mol. The summed E-state index contributed by atoms with van der Waals surface area (Å²) in [6.07, 6.45) is 2.17. The van der Waals surface area contributed by atoms with Crippen LogP contribution in [-0.4, -0.2) is 15.8 Å². The van der Waals surface area contributed by atoms with Crippen molar-refractivity contribution in [3.05, 3.63) is 88.7 Å². The number of benzene rings is 3. The summed E-state index contributed by atoms with van der Waals surface area (Å²) in [4.78, 5) is 15.2. The average Bonchev–Trinajstić information content (AvgIpc) is 3.07. The van der Waals surface area contributed by atoms with Gasteiger partial charge < -0.3 is 20.4 Å². The molecule has 158 valence electrons. The highest BCUT2D eigenvalue weighted by atomic mass is 19.1. The van der Waals surface area contributed by atoms with Gasteiger partial charge in [-0.05, 0) is 65.9 Å². The van der Waals surface area contributed by atoms with Gasteiger partial charge in [0.1, 0.15) is 12.1 Å². The second-order valence-electron chi connectivity index (χ2n) is 7.73. The molecule has 0 aliphatic carbocycles. The highest BCUT2D eigenvalue weighted by molar-refractivity contribution is 5.79. The molecule has 0 spiro atoms. The monoisotopic (exact) mass is 416 g/mol. The summed E-state index contributed by atoms with van der Waals surface area (Å²) in [7, 11) is 0. The first kappa shape index (κ1) is 20.6. The second-order valence-corrected chi connectivity index (χ2v) is 7.73. The fourth-order valence-corrected chi connectivity index (χ4v) is 3.72. The van der Waals surface area contributed by atoms with Crippen LogP contribution in [0.5, 0.6) is 0 Å². The van der Waals surface area contributed by atoms with E-state index >= 15 is 0 Å². The van der Waals surface area contributed by atoms with E-state index in [1.807, 2.05) is 16.7 Å². The molecule has 31 heavy (non-hydrogen) atoms. The summed E-state index contributed by atoms with van der Waals surface area (Å²) in [6, 6.07) is 18.7. The number of carbonyl (C=O) groups excluding carboxylic acids is 1. The van der Waals surface area contributed by atoms with Gasteiger partial charge in [0.2, 0.25) is 5.95 Å². The molecule has 5 nitrogen and oxygen atoms in total. The van der Waals surface area contributed by atoms with Crippen molar-refractivity contribution in [2.24, 2.45) is 0 Å². The van der Waals surface area contributed by atoms with Crippen molar-refractivity contribution in [2.45, 2.75) is 32.9 Å². The molecule has 0 bridgehead atoms. The summed E-state index contributed by atoms with van der Waals surface area (Å²) in [5.41, 5.74) is 13.3. The molecule has 0 radical (unpaired) electrons. The van der Waals surface area contributed by atoms with Gasteiger partial charge in [0.05, 0.1) is 17.6 Å². The Morgan fingerprint density at radius 2 is 1.84 bits per heavy atom. The maximum atomic E-state index is 13.2. The van der Waals surface area contributed by atoms with Crippen LogP contribution in [0.4, 0.5) is 16.0 Å². The van der Waals surface area contributed by atoms with Crippen molar-refractivity contribution in [3.8, 4) is 0 Å². The maximum absolute atomic E-state index is 13.2. The van der Waals surface area contributed by atoms with E-state index < -0.39 is 0 Å². The number of aromatic nitrogens is 2. The first-order valence-electron chi connectivity index (χ1n) is 10.3. The first-order chi connectivity index (χ1) is 15.0. The molecular weight excluding hydrogens is 391 g/mol. The molecule has 4 aromatic rings. The molecular formula is C25H25FN4O. The molecule has 0 aliphatic heterocycles. The van der Waals surface area contributed by atoms with Crippen LogP contribution in [0, 0.1) is 12.7 Å². The van der Waals surface area contributed by atoms with Crippen molar-refractivity contribution < 1.29 is 9.18 Å². The summed E-state index contributed by atoms with van der Waals surface area (Å²) in [6.45, 7) is 3.21. The number of nitrogens with two attached hydrogens (primary N) is 1. The van der Waals surface area contributed by atoms with Crippen molar-refractivity contribution in [1.29, 1.82) is 0 Å². The topological polar surface area (TPSA) is 72.9 Å². The largest absolute Gasteiger partial charge is 0.381 e. The fourth-order valence-electron chi connectivity index (χ4n) is 3.72. The number of nitrogens with one attached hydrogen (secondary N) is 1. The van der Waals surface area contributed by atoms with Crippen LogP contribution < -0.4 is 11.1 Å². The zero-order valence-corrected chi connectivity index (χ0v) is 17.4. The van der Waals surface area contributed by atoms with Crippen LogP contribution in [0.2, 0.25) is 0 Å². The van der Waals surface area contributed by atoms with E-state index in [0.717, 1.165) is 45.3 Å². The van der Waals surface area contributed by atoms with Crippen LogP contribution in [0.25, 0.3) is 11.0 Å². The van der Waals surface area contributed by atoms with Gasteiger partial charge in [-0.25, -0.2) is 9.37 Å². The van der Waals surface area contributed by atoms with Crippen molar-refractivity contribution in [3.63, 3.8) is 0 Å². The summed E-state index contributed by atoms with van der Waals surface area (Å²) in [5, 5.41) is 3.51. The minimum Gasteiger partial charge on any atom is -0.381 e. The Morgan fingerprint density at radius 1 is 1.06 bits per heavy atom. The lowest BCUT2D eigenvalue weighted by atomic mass is 10.0. The maximum Gasteiger partial charge on any atom is 0.201 e. The number of hydrogen-bond acceptors (Lipinski definition) is 4. The third kappa shape index (κ3) is 4.74. The van der Waals surface area contributed by atoms with Gasteiger partial charge in [-0.3, -0.25) is 0 Å². The smallest absolute Gasteiger partial charge is 0.201 e. The Balaban J connectivity index is 1.57. The predicted octanol–water partition coefficient (Wildman–Crippen LogP) is 4.86. The predicted molar refractivity (Wildman–Crippen MR) is 123 cm³/mol. The second kappa shape index (κ2) is 9.00. The number of hydrogen-bond donors (Lipinski definition) is 2. The number of nitrogens with zero attached hydrogens (tertiary/aromatic N) is 2. The SMILES string of the molecule is Cc1ccc(CCC=O)c(NCc2ccc3nc(N)n(Cc4ccc(F)cc4)c3c2)c1. The van der Waals surface area contributed by atoms with Gasteiger partial charge in [0.15, 0.2) is 0 Å². The molecule has 6 heteroatoms. The standard InChI is InChI=1S/C25H25FN4O/c1-17-4-8-20(3-2-12-31)23(13-17)28-15-19-7-11-22-24(14-19)30(25(27)29-22)16-18-5-9-21(26)10-6-18/h4-14,28H,2-3,15-16H2,1H3,(H2,27,29). The van der Waals surface area contributed by atoms with Gasteiger partial charge in [0, 0.05) is 18.7 Å². The lowest BCUT2D eigenvalue weighted by molar-refractivity contribution is -0.107. The highest BCUT2D eigenvalue weighted by Gasteiger charge is 2.10. The number of rotatable bonds is 8. The molecule has 4 rings (SSSR count). The number of aldehydes is 1. The first-order valence-corrected chi connectivity index (χ1v) is 10.3. The lowest BCUT2D eigenvalue weighted by Crippen LogP contribution is -2.06. The Morgan fingerprint density at radius 3 is 2.61 bits per heavy atom. The summed E-state index contributed by atoms with van der Waals surface area (Å²) in [5.74, 6) is 0.170. The van der Waals surface area contributed by atoms with Gasteiger partial charge in [-0.1, -0.05) is 30.3 Å². The Bertz CT molecular complexity index is 1210. The third-order valence-corrected chi connectivity index (χ3v) is 5.38. The molecule has 0 fully saturated rings. The lowest BCUT2D eigenvalue weighted by Gasteiger charge is -2.13. The number of carbonyl (C=O) groups is 1. The van der Waals surface area contributed by atoms with Gasteiger partial charge in [-0.2, -0.15) is 0 Å².